The molecule has 1 nitrogen and oxygen atoms in total. The van der Waals surface area contributed by atoms with Gasteiger partial charge in [-0.05, 0) is 6.08 Å². The third-order valence-corrected chi connectivity index (χ3v) is 6.59. The first-order valence-corrected chi connectivity index (χ1v) is 7.89. The summed E-state index contributed by atoms with van der Waals surface area (Å²) in [5.41, 5.74) is 1.70. The van der Waals surface area contributed by atoms with E-state index >= 15 is 0 Å². The first kappa shape index (κ1) is 10.4. The van der Waals surface area contributed by atoms with Crippen molar-refractivity contribution in [1.29, 1.82) is 0 Å². The Labute approximate surface area is 105 Å². The summed E-state index contributed by atoms with van der Waals surface area (Å²) in [5.74, 6) is 2.16. The highest BCUT2D eigenvalue weighted by atomic mass is 15.0. The van der Waals surface area contributed by atoms with Crippen LogP contribution in [0.25, 0.3) is 0 Å². The molecule has 4 rings (SSSR count). The Morgan fingerprint density at radius 3 is 2.41 bits per heavy atom. The Morgan fingerprint density at radius 2 is 1.71 bits per heavy atom. The second kappa shape index (κ2) is 3.73. The summed E-state index contributed by atoms with van der Waals surface area (Å²) in [6, 6.07) is 0. The van der Waals surface area contributed by atoms with E-state index in [1.807, 2.05) is 0 Å². The molecule has 1 spiro atoms. The first-order chi connectivity index (χ1) is 8.41. The zero-order valence-electron chi connectivity index (χ0n) is 10.9. The van der Waals surface area contributed by atoms with Gasteiger partial charge < -0.3 is 4.49 Å². The lowest BCUT2D eigenvalue weighted by molar-refractivity contribution is -0.395. The molecule has 2 bridgehead atoms. The largest absolute Gasteiger partial charge is 0.451 e. The smallest absolute Gasteiger partial charge is 0.279 e. The summed E-state index contributed by atoms with van der Waals surface area (Å²) in [4.78, 5) is 0. The van der Waals surface area contributed by atoms with Gasteiger partial charge >= 0.3 is 0 Å². The molecule has 17 heavy (non-hydrogen) atoms. The number of allylic oxidation sites excluding steroid dienone is 1. The zero-order chi connectivity index (χ0) is 11.3. The van der Waals surface area contributed by atoms with Gasteiger partial charge in [0.15, 0.2) is 0 Å². The van der Waals surface area contributed by atoms with Crippen LogP contribution >= 0.6 is 0 Å². The highest BCUT2D eigenvalue weighted by Gasteiger charge is 2.55. The second-order valence-corrected chi connectivity index (χ2v) is 6.96. The van der Waals surface area contributed by atoms with Crippen LogP contribution in [-0.2, 0) is 0 Å². The van der Waals surface area contributed by atoms with Gasteiger partial charge in [-0.1, -0.05) is 44.9 Å². The van der Waals surface area contributed by atoms with Gasteiger partial charge in [0.1, 0.15) is 12.3 Å². The van der Waals surface area contributed by atoms with Crippen LogP contribution in [-0.4, -0.2) is 23.0 Å². The van der Waals surface area contributed by atoms with Crippen LogP contribution in [0, 0.1) is 0 Å². The van der Waals surface area contributed by atoms with E-state index < -0.39 is 0 Å². The van der Waals surface area contributed by atoms with Gasteiger partial charge in [0.05, 0.1) is 0 Å². The van der Waals surface area contributed by atoms with Crippen LogP contribution in [0.5, 0.6) is 0 Å². The standard InChI is InChI=1S/C15H24BN/c1-5-13-7-2-8-14(6-1)16(13)11-3-9-15-10-4-12-17(15)16/h4,10,13-14H,1-3,5-9,11-12H2. The normalized spacial score (nSPS) is 44.2. The third kappa shape index (κ3) is 1.30. The Hall–Kier alpha value is -0.525. The molecule has 92 valence electrons. The Bertz CT molecular complexity index is 374. The highest BCUT2D eigenvalue weighted by molar-refractivity contribution is 6.76. The lowest BCUT2D eigenvalue weighted by atomic mass is 9.14. The van der Waals surface area contributed by atoms with Crippen LogP contribution < -0.4 is 0 Å². The summed E-state index contributed by atoms with van der Waals surface area (Å²) in [6.07, 6.45) is 18.3. The van der Waals surface area contributed by atoms with Crippen LogP contribution in [0.4, 0.5) is 0 Å². The minimum absolute atomic E-state index is 0.168. The molecule has 0 atom stereocenters. The molecule has 2 saturated heterocycles. The van der Waals surface area contributed by atoms with Crippen molar-refractivity contribution in [3.05, 3.63) is 12.2 Å². The van der Waals surface area contributed by atoms with E-state index in [4.69, 9.17) is 0 Å². The molecule has 0 radical (unpaired) electrons. The number of nitrogens with zero attached hydrogens (tertiary/aromatic N) is 1. The van der Waals surface area contributed by atoms with E-state index in [-0.39, 0.29) is 6.28 Å². The summed E-state index contributed by atoms with van der Waals surface area (Å²) in [5, 5.41) is 0. The minimum Gasteiger partial charge on any atom is -0.451 e. The molecule has 0 saturated carbocycles. The van der Waals surface area contributed by atoms with E-state index in [1.54, 1.807) is 37.7 Å². The van der Waals surface area contributed by atoms with Crippen molar-refractivity contribution >= 4 is 12.0 Å². The van der Waals surface area contributed by atoms with E-state index in [0.29, 0.717) is 0 Å². The monoisotopic (exact) mass is 229 g/mol. The van der Waals surface area contributed by atoms with Gasteiger partial charge in [0.2, 0.25) is 0 Å². The van der Waals surface area contributed by atoms with Gasteiger partial charge in [0.25, 0.3) is 6.28 Å². The van der Waals surface area contributed by atoms with Crippen molar-refractivity contribution in [3.63, 3.8) is 0 Å². The molecular formula is C15H24BN. The molecule has 0 aromatic rings. The van der Waals surface area contributed by atoms with E-state index in [0.717, 1.165) is 11.6 Å². The Balaban J connectivity index is 1.81. The van der Waals surface area contributed by atoms with Gasteiger partial charge in [-0.15, -0.1) is 18.0 Å². The van der Waals surface area contributed by atoms with Crippen molar-refractivity contribution in [2.75, 3.05) is 6.54 Å². The molecule has 2 heteroatoms. The third-order valence-electron chi connectivity index (χ3n) is 6.59. The number of hydrogen-bond donors (Lipinski definition) is 0. The SMILES string of the molecule is C1=CC2=[N+](C1)[B-]1(CCC2)C2CCCC1CCC2. The fraction of sp³-hybridized carbons (Fsp3) is 0.800. The molecule has 4 aliphatic heterocycles. The summed E-state index contributed by atoms with van der Waals surface area (Å²) >= 11 is 0. The number of rotatable bonds is 0. The van der Waals surface area contributed by atoms with Gasteiger partial charge in [-0.3, -0.25) is 0 Å². The summed E-state index contributed by atoms with van der Waals surface area (Å²) < 4.78 is 2.91. The molecule has 2 fully saturated rings. The summed E-state index contributed by atoms with van der Waals surface area (Å²) in [7, 11) is 0. The van der Waals surface area contributed by atoms with Crippen molar-refractivity contribution < 1.29 is 4.49 Å². The average Bonchev–Trinajstić information content (AvgIpc) is 2.78. The van der Waals surface area contributed by atoms with Crippen LogP contribution in [0.3, 0.4) is 0 Å². The van der Waals surface area contributed by atoms with Crippen molar-refractivity contribution in [2.24, 2.45) is 0 Å². The topological polar surface area (TPSA) is 3.01 Å². The van der Waals surface area contributed by atoms with E-state index in [1.165, 1.54) is 32.2 Å². The highest BCUT2D eigenvalue weighted by Crippen LogP contribution is 2.56. The lowest BCUT2D eigenvalue weighted by Gasteiger charge is -2.56. The second-order valence-electron chi connectivity index (χ2n) is 6.96. The predicted molar refractivity (Wildman–Crippen MR) is 74.3 cm³/mol. The number of hydrogen-bond acceptors (Lipinski definition) is 0. The van der Waals surface area contributed by atoms with Gasteiger partial charge in [-0.25, -0.2) is 0 Å². The van der Waals surface area contributed by atoms with Gasteiger partial charge in [0, 0.05) is 12.5 Å². The molecule has 0 aromatic heterocycles. The molecule has 0 amide bonds. The molecule has 4 aliphatic rings. The Kier molecular flexibility index (Phi) is 2.28. The van der Waals surface area contributed by atoms with E-state index in [2.05, 4.69) is 16.6 Å². The van der Waals surface area contributed by atoms with Crippen LogP contribution in [0.2, 0.25) is 18.0 Å². The average molecular weight is 229 g/mol. The Morgan fingerprint density at radius 1 is 1.00 bits per heavy atom. The molecule has 0 N–H and O–H groups in total. The molecular weight excluding hydrogens is 205 g/mol. The quantitative estimate of drug-likeness (QED) is 0.555. The maximum atomic E-state index is 2.91. The molecule has 0 unspecified atom stereocenters. The maximum absolute atomic E-state index is 2.91. The predicted octanol–water partition coefficient (Wildman–Crippen LogP) is 3.86. The zero-order valence-corrected chi connectivity index (χ0v) is 10.9. The summed E-state index contributed by atoms with van der Waals surface area (Å²) in [6.45, 7) is 1.25. The molecule has 4 heterocycles. The lowest BCUT2D eigenvalue weighted by Crippen LogP contribution is -2.60. The molecule has 0 aliphatic carbocycles. The fourth-order valence-electron chi connectivity index (χ4n) is 6.11. The fourth-order valence-corrected chi connectivity index (χ4v) is 6.11. The maximum Gasteiger partial charge on any atom is 0.279 e. The minimum atomic E-state index is -0.168. The van der Waals surface area contributed by atoms with Crippen molar-refractivity contribution in [3.8, 4) is 0 Å². The van der Waals surface area contributed by atoms with Gasteiger partial charge in [-0.2, -0.15) is 0 Å². The van der Waals surface area contributed by atoms with Crippen LogP contribution in [0.15, 0.2) is 12.2 Å². The van der Waals surface area contributed by atoms with Crippen LogP contribution in [0.1, 0.15) is 51.4 Å². The molecule has 0 aromatic carbocycles. The van der Waals surface area contributed by atoms with Crippen molar-refractivity contribution in [2.45, 2.75) is 69.3 Å². The van der Waals surface area contributed by atoms with Crippen molar-refractivity contribution in [1.82, 2.24) is 0 Å². The first-order valence-electron chi connectivity index (χ1n) is 7.89. The van der Waals surface area contributed by atoms with E-state index in [9.17, 15) is 0 Å².